The third kappa shape index (κ3) is 3.44. The van der Waals surface area contributed by atoms with Crippen LogP contribution in [0.4, 0.5) is 4.79 Å². The molecule has 2 heterocycles. The van der Waals surface area contributed by atoms with E-state index in [1.54, 1.807) is 6.20 Å². The summed E-state index contributed by atoms with van der Waals surface area (Å²) in [5.41, 5.74) is 0.690. The number of amides is 3. The van der Waals surface area contributed by atoms with E-state index < -0.39 is 24.5 Å². The summed E-state index contributed by atoms with van der Waals surface area (Å²) in [7, 11) is 1.41. The van der Waals surface area contributed by atoms with Gasteiger partial charge in [-0.25, -0.2) is 14.3 Å². The predicted molar refractivity (Wildman–Crippen MR) is 85.5 cm³/mol. The van der Waals surface area contributed by atoms with Gasteiger partial charge in [-0.3, -0.25) is 9.69 Å². The van der Waals surface area contributed by atoms with Gasteiger partial charge in [0.2, 0.25) is 5.69 Å². The van der Waals surface area contributed by atoms with Gasteiger partial charge in [0.15, 0.2) is 12.4 Å². The fraction of sp³-hybridized carbons (Fsp3) is 0.250. The lowest BCUT2D eigenvalue weighted by molar-refractivity contribution is -0.130. The maximum atomic E-state index is 12.2. The molecule has 0 radical (unpaired) electrons. The van der Waals surface area contributed by atoms with Gasteiger partial charge >= 0.3 is 12.0 Å². The van der Waals surface area contributed by atoms with Crippen LogP contribution in [0.2, 0.25) is 0 Å². The van der Waals surface area contributed by atoms with Crippen molar-refractivity contribution in [3.05, 3.63) is 42.2 Å². The molecule has 130 valence electrons. The standard InChI is InChI=1S/C16H16N4O5/c1-24-12-9-20(11-5-3-2-4-6-11)18-14(12)15(22)25-10-13(21)19-8-7-17-16(19)23/h2-6,9H,7-8,10H2,1H3,(H,17,23). The Hall–Kier alpha value is -3.36. The van der Waals surface area contributed by atoms with Gasteiger partial charge in [-0.1, -0.05) is 18.2 Å². The summed E-state index contributed by atoms with van der Waals surface area (Å²) in [5.74, 6) is -1.18. The van der Waals surface area contributed by atoms with Crippen molar-refractivity contribution in [3.63, 3.8) is 0 Å². The van der Waals surface area contributed by atoms with Crippen molar-refractivity contribution in [2.24, 2.45) is 0 Å². The fourth-order valence-electron chi connectivity index (χ4n) is 2.35. The molecule has 0 aliphatic carbocycles. The number of imide groups is 1. The number of ether oxygens (including phenoxy) is 2. The molecule has 3 amide bonds. The van der Waals surface area contributed by atoms with Crippen LogP contribution in [0.3, 0.4) is 0 Å². The smallest absolute Gasteiger partial charge is 0.363 e. The molecule has 0 saturated carbocycles. The first-order valence-electron chi connectivity index (χ1n) is 7.54. The fourth-order valence-corrected chi connectivity index (χ4v) is 2.35. The molecule has 1 aliphatic rings. The molecule has 1 aromatic carbocycles. The van der Waals surface area contributed by atoms with Gasteiger partial charge in [0.25, 0.3) is 5.91 Å². The highest BCUT2D eigenvalue weighted by Gasteiger charge is 2.28. The molecule has 0 spiro atoms. The van der Waals surface area contributed by atoms with Crippen LogP contribution in [0.5, 0.6) is 5.75 Å². The van der Waals surface area contributed by atoms with Crippen molar-refractivity contribution in [2.75, 3.05) is 26.8 Å². The number of hydrogen-bond donors (Lipinski definition) is 1. The van der Waals surface area contributed by atoms with Gasteiger partial charge in [-0.15, -0.1) is 0 Å². The highest BCUT2D eigenvalue weighted by Crippen LogP contribution is 2.20. The maximum absolute atomic E-state index is 12.2. The number of rotatable bonds is 5. The molecule has 25 heavy (non-hydrogen) atoms. The maximum Gasteiger partial charge on any atom is 0.363 e. The van der Waals surface area contributed by atoms with Crippen LogP contribution in [0.15, 0.2) is 36.5 Å². The molecule has 1 N–H and O–H groups in total. The van der Waals surface area contributed by atoms with E-state index in [0.717, 1.165) is 10.6 Å². The van der Waals surface area contributed by atoms with Gasteiger partial charge in [-0.2, -0.15) is 5.10 Å². The van der Waals surface area contributed by atoms with Crippen LogP contribution in [0.25, 0.3) is 5.69 Å². The molecule has 1 fully saturated rings. The Morgan fingerprint density at radius 1 is 1.28 bits per heavy atom. The second kappa shape index (κ2) is 7.04. The van der Waals surface area contributed by atoms with E-state index in [0.29, 0.717) is 6.54 Å². The molecule has 1 aromatic heterocycles. The molecule has 0 unspecified atom stereocenters. The Labute approximate surface area is 143 Å². The number of hydrogen-bond acceptors (Lipinski definition) is 6. The number of esters is 1. The first kappa shape index (κ1) is 16.5. The molecule has 2 aromatic rings. The summed E-state index contributed by atoms with van der Waals surface area (Å²) in [5, 5.41) is 6.65. The summed E-state index contributed by atoms with van der Waals surface area (Å²) in [6.45, 7) is 0.0859. The second-order valence-electron chi connectivity index (χ2n) is 5.18. The third-order valence-electron chi connectivity index (χ3n) is 3.60. The van der Waals surface area contributed by atoms with E-state index in [-0.39, 0.29) is 18.0 Å². The number of carbonyl (C=O) groups excluding carboxylic acids is 3. The van der Waals surface area contributed by atoms with E-state index in [4.69, 9.17) is 9.47 Å². The average molecular weight is 344 g/mol. The molecule has 3 rings (SSSR count). The number of nitrogens with zero attached hydrogens (tertiary/aromatic N) is 3. The Morgan fingerprint density at radius 2 is 2.04 bits per heavy atom. The number of carbonyl (C=O) groups is 3. The van der Waals surface area contributed by atoms with E-state index in [1.165, 1.54) is 11.8 Å². The Bertz CT molecular complexity index is 802. The van der Waals surface area contributed by atoms with Crippen LogP contribution in [-0.4, -0.2) is 59.4 Å². The zero-order chi connectivity index (χ0) is 17.8. The van der Waals surface area contributed by atoms with Crippen molar-refractivity contribution >= 4 is 17.9 Å². The number of nitrogens with one attached hydrogen (secondary N) is 1. The van der Waals surface area contributed by atoms with Crippen LogP contribution in [-0.2, 0) is 9.53 Å². The van der Waals surface area contributed by atoms with Gasteiger partial charge in [0, 0.05) is 13.1 Å². The molecule has 9 heteroatoms. The number of aromatic nitrogens is 2. The average Bonchev–Trinajstić information content (AvgIpc) is 3.26. The van der Waals surface area contributed by atoms with Crippen molar-refractivity contribution in [1.29, 1.82) is 0 Å². The Morgan fingerprint density at radius 3 is 2.68 bits per heavy atom. The molecular weight excluding hydrogens is 328 g/mol. The van der Waals surface area contributed by atoms with Crippen LogP contribution < -0.4 is 10.1 Å². The first-order valence-corrected chi connectivity index (χ1v) is 7.54. The molecular formula is C16H16N4O5. The normalized spacial score (nSPS) is 13.5. The minimum Gasteiger partial charge on any atom is -0.493 e. The van der Waals surface area contributed by atoms with E-state index in [2.05, 4.69) is 10.4 Å². The lowest BCUT2D eigenvalue weighted by atomic mass is 10.3. The lowest BCUT2D eigenvalue weighted by Crippen LogP contribution is -2.37. The Kier molecular flexibility index (Phi) is 4.64. The summed E-state index contributed by atoms with van der Waals surface area (Å²) in [6.07, 6.45) is 1.54. The molecule has 1 saturated heterocycles. The number of methoxy groups -OCH3 is 1. The second-order valence-corrected chi connectivity index (χ2v) is 5.18. The van der Waals surface area contributed by atoms with Crippen molar-refractivity contribution < 1.29 is 23.9 Å². The summed E-state index contributed by atoms with van der Waals surface area (Å²) in [6, 6.07) is 8.67. The highest BCUT2D eigenvalue weighted by atomic mass is 16.5. The molecule has 1 aliphatic heterocycles. The van der Waals surface area contributed by atoms with Crippen molar-refractivity contribution in [2.45, 2.75) is 0 Å². The molecule has 0 bridgehead atoms. The number of para-hydroxylation sites is 1. The first-order chi connectivity index (χ1) is 12.1. The minimum absolute atomic E-state index is 0.0509. The topological polar surface area (TPSA) is 103 Å². The minimum atomic E-state index is -0.806. The quantitative estimate of drug-likeness (QED) is 0.797. The zero-order valence-electron chi connectivity index (χ0n) is 13.5. The van der Waals surface area contributed by atoms with Crippen LogP contribution in [0, 0.1) is 0 Å². The van der Waals surface area contributed by atoms with E-state index in [1.807, 2.05) is 30.3 Å². The van der Waals surface area contributed by atoms with E-state index >= 15 is 0 Å². The van der Waals surface area contributed by atoms with Crippen molar-refractivity contribution in [3.8, 4) is 11.4 Å². The highest BCUT2D eigenvalue weighted by molar-refractivity contribution is 5.98. The van der Waals surface area contributed by atoms with Crippen LogP contribution in [0.1, 0.15) is 10.5 Å². The van der Waals surface area contributed by atoms with Gasteiger partial charge in [0.05, 0.1) is 19.0 Å². The summed E-state index contributed by atoms with van der Waals surface area (Å²) >= 11 is 0. The van der Waals surface area contributed by atoms with Crippen molar-refractivity contribution in [1.82, 2.24) is 20.0 Å². The van der Waals surface area contributed by atoms with Crippen LogP contribution >= 0.6 is 0 Å². The van der Waals surface area contributed by atoms with Gasteiger partial charge in [0.1, 0.15) is 0 Å². The number of benzene rings is 1. The largest absolute Gasteiger partial charge is 0.493 e. The lowest BCUT2D eigenvalue weighted by Gasteiger charge is -2.11. The third-order valence-corrected chi connectivity index (χ3v) is 3.60. The zero-order valence-corrected chi connectivity index (χ0v) is 13.5. The van der Waals surface area contributed by atoms with Gasteiger partial charge in [-0.05, 0) is 12.1 Å². The molecule has 9 nitrogen and oxygen atoms in total. The van der Waals surface area contributed by atoms with E-state index in [9.17, 15) is 14.4 Å². The predicted octanol–water partition coefficient (Wildman–Crippen LogP) is 0.589. The SMILES string of the molecule is COc1cn(-c2ccccc2)nc1C(=O)OCC(=O)N1CCNC1=O. The van der Waals surface area contributed by atoms with Gasteiger partial charge < -0.3 is 14.8 Å². The summed E-state index contributed by atoms with van der Waals surface area (Å²) < 4.78 is 11.6. The Balaban J connectivity index is 1.70. The monoisotopic (exact) mass is 344 g/mol. The number of urea groups is 1. The summed E-state index contributed by atoms with van der Waals surface area (Å²) in [4.78, 5) is 36.5. The molecule has 0 atom stereocenters.